The van der Waals surface area contributed by atoms with Gasteiger partial charge in [0.15, 0.2) is 11.5 Å². The predicted molar refractivity (Wildman–Crippen MR) is 45.6 cm³/mol. The molecule has 66 valence electrons. The van der Waals surface area contributed by atoms with Crippen molar-refractivity contribution in [1.29, 1.82) is 0 Å². The summed E-state index contributed by atoms with van der Waals surface area (Å²) in [5.74, 6) is 1.64. The average Bonchev–Trinajstić information content (AvgIpc) is 2.40. The van der Waals surface area contributed by atoms with Crippen LogP contribution < -0.4 is 9.47 Å². The van der Waals surface area contributed by atoms with Crippen molar-refractivity contribution in [2.45, 2.75) is 13.8 Å². The Bertz CT molecular complexity index is 253. The van der Waals surface area contributed by atoms with Crippen LogP contribution in [0.2, 0.25) is 0 Å². The molecule has 0 amide bonds. The van der Waals surface area contributed by atoms with Crippen LogP contribution >= 0.6 is 0 Å². The highest BCUT2D eigenvalue weighted by Crippen LogP contribution is 2.32. The van der Waals surface area contributed by atoms with Crippen molar-refractivity contribution in [2.24, 2.45) is 5.41 Å². The number of ether oxygens (including phenoxy) is 2. The summed E-state index contributed by atoms with van der Waals surface area (Å²) in [7, 11) is 0. The van der Waals surface area contributed by atoms with Gasteiger partial charge < -0.3 is 14.5 Å². The monoisotopic (exact) mass is 167 g/mol. The van der Waals surface area contributed by atoms with E-state index in [0.29, 0.717) is 13.2 Å². The van der Waals surface area contributed by atoms with Crippen molar-refractivity contribution >= 4 is 0 Å². The number of H-pyrrole nitrogens is 1. The lowest BCUT2D eigenvalue weighted by atomic mass is 9.97. The quantitative estimate of drug-likeness (QED) is 0.639. The predicted octanol–water partition coefficient (Wildman–Crippen LogP) is 1.81. The first-order valence-corrected chi connectivity index (χ1v) is 4.10. The fourth-order valence-corrected chi connectivity index (χ4v) is 1.15. The van der Waals surface area contributed by atoms with Gasteiger partial charge in [-0.25, -0.2) is 0 Å². The minimum atomic E-state index is 0.103. The number of aromatic nitrogens is 1. The van der Waals surface area contributed by atoms with Crippen molar-refractivity contribution in [3.63, 3.8) is 0 Å². The molecule has 2 heterocycles. The van der Waals surface area contributed by atoms with E-state index in [1.165, 1.54) is 0 Å². The van der Waals surface area contributed by atoms with E-state index >= 15 is 0 Å². The van der Waals surface area contributed by atoms with Gasteiger partial charge in [-0.3, -0.25) is 0 Å². The first-order chi connectivity index (χ1) is 5.67. The zero-order valence-electron chi connectivity index (χ0n) is 7.39. The lowest BCUT2D eigenvalue weighted by Crippen LogP contribution is -2.26. The Kier molecular flexibility index (Phi) is 1.53. The van der Waals surface area contributed by atoms with Crippen LogP contribution in [0, 0.1) is 5.41 Å². The van der Waals surface area contributed by atoms with E-state index < -0.39 is 0 Å². The Labute approximate surface area is 71.7 Å². The zero-order chi connectivity index (χ0) is 8.60. The summed E-state index contributed by atoms with van der Waals surface area (Å²) >= 11 is 0. The fourth-order valence-electron chi connectivity index (χ4n) is 1.15. The Morgan fingerprint density at radius 1 is 1.17 bits per heavy atom. The Balaban J connectivity index is 2.21. The maximum atomic E-state index is 5.55. The molecule has 0 bridgehead atoms. The standard InChI is InChI=1S/C9H13NO2/c1-9(2)5-11-7-3-10-4-8(7)12-6-9/h3-4,10H,5-6H2,1-2H3. The van der Waals surface area contributed by atoms with Gasteiger partial charge in [0.25, 0.3) is 0 Å². The SMILES string of the molecule is CC1(C)COc2c[nH]cc2OC1. The molecule has 2 rings (SSSR count). The minimum Gasteiger partial charge on any atom is -0.487 e. The number of rotatable bonds is 0. The van der Waals surface area contributed by atoms with Gasteiger partial charge >= 0.3 is 0 Å². The molecule has 1 aromatic rings. The molecule has 0 saturated heterocycles. The Hall–Kier alpha value is -1.12. The van der Waals surface area contributed by atoms with Crippen LogP contribution in [-0.4, -0.2) is 18.2 Å². The maximum absolute atomic E-state index is 5.55. The Morgan fingerprint density at radius 2 is 1.67 bits per heavy atom. The highest BCUT2D eigenvalue weighted by Gasteiger charge is 2.25. The first kappa shape index (κ1) is 7.53. The van der Waals surface area contributed by atoms with Crippen molar-refractivity contribution in [3.05, 3.63) is 12.4 Å². The highest BCUT2D eigenvalue weighted by atomic mass is 16.5. The molecular formula is C9H13NO2. The van der Waals surface area contributed by atoms with E-state index in [0.717, 1.165) is 11.5 Å². The second kappa shape index (κ2) is 2.44. The highest BCUT2D eigenvalue weighted by molar-refractivity contribution is 5.37. The van der Waals surface area contributed by atoms with Gasteiger partial charge in [0.05, 0.1) is 13.2 Å². The molecule has 0 atom stereocenters. The van der Waals surface area contributed by atoms with Crippen LogP contribution in [0.5, 0.6) is 11.5 Å². The van der Waals surface area contributed by atoms with E-state index in [1.807, 2.05) is 12.4 Å². The molecule has 1 aromatic heterocycles. The summed E-state index contributed by atoms with van der Waals surface area (Å²) in [5, 5.41) is 0. The molecule has 0 saturated carbocycles. The molecule has 3 heteroatoms. The van der Waals surface area contributed by atoms with Gasteiger partial charge in [-0.1, -0.05) is 13.8 Å². The molecule has 1 aliphatic rings. The van der Waals surface area contributed by atoms with Gasteiger partial charge in [0, 0.05) is 17.8 Å². The van der Waals surface area contributed by atoms with Gasteiger partial charge in [-0.15, -0.1) is 0 Å². The maximum Gasteiger partial charge on any atom is 0.178 e. The van der Waals surface area contributed by atoms with Crippen molar-refractivity contribution < 1.29 is 9.47 Å². The van der Waals surface area contributed by atoms with Crippen LogP contribution in [-0.2, 0) is 0 Å². The number of nitrogens with one attached hydrogen (secondary N) is 1. The lowest BCUT2D eigenvalue weighted by molar-refractivity contribution is 0.139. The second-order valence-corrected chi connectivity index (χ2v) is 3.93. The normalized spacial score (nSPS) is 20.2. The largest absolute Gasteiger partial charge is 0.487 e. The van der Waals surface area contributed by atoms with E-state index in [2.05, 4.69) is 18.8 Å². The average molecular weight is 167 g/mol. The first-order valence-electron chi connectivity index (χ1n) is 4.10. The molecule has 0 fully saturated rings. The molecule has 1 aliphatic heterocycles. The van der Waals surface area contributed by atoms with E-state index in [1.54, 1.807) is 0 Å². The van der Waals surface area contributed by atoms with Gasteiger partial charge in [0.2, 0.25) is 0 Å². The fraction of sp³-hybridized carbons (Fsp3) is 0.556. The molecule has 1 N–H and O–H groups in total. The van der Waals surface area contributed by atoms with Gasteiger partial charge in [-0.05, 0) is 0 Å². The molecule has 0 spiro atoms. The summed E-state index contributed by atoms with van der Waals surface area (Å²) in [5.41, 5.74) is 0.103. The zero-order valence-corrected chi connectivity index (χ0v) is 7.39. The van der Waals surface area contributed by atoms with Crippen LogP contribution in [0.1, 0.15) is 13.8 Å². The van der Waals surface area contributed by atoms with Crippen molar-refractivity contribution in [2.75, 3.05) is 13.2 Å². The van der Waals surface area contributed by atoms with Gasteiger partial charge in [-0.2, -0.15) is 0 Å². The third-order valence-electron chi connectivity index (χ3n) is 1.91. The summed E-state index contributed by atoms with van der Waals surface area (Å²) in [6.45, 7) is 5.67. The number of hydrogen-bond acceptors (Lipinski definition) is 2. The number of fused-ring (bicyclic) bond motifs is 1. The van der Waals surface area contributed by atoms with Crippen LogP contribution in [0.15, 0.2) is 12.4 Å². The summed E-state index contributed by atoms with van der Waals surface area (Å²) < 4.78 is 11.1. The second-order valence-electron chi connectivity index (χ2n) is 3.93. The summed E-state index contributed by atoms with van der Waals surface area (Å²) in [4.78, 5) is 2.95. The molecule has 0 unspecified atom stereocenters. The van der Waals surface area contributed by atoms with Crippen molar-refractivity contribution in [1.82, 2.24) is 4.98 Å². The molecule has 12 heavy (non-hydrogen) atoms. The molecular weight excluding hydrogens is 154 g/mol. The molecule has 3 nitrogen and oxygen atoms in total. The van der Waals surface area contributed by atoms with Crippen molar-refractivity contribution in [3.8, 4) is 11.5 Å². The molecule has 0 radical (unpaired) electrons. The van der Waals surface area contributed by atoms with Gasteiger partial charge in [0.1, 0.15) is 0 Å². The van der Waals surface area contributed by atoms with E-state index in [4.69, 9.17) is 9.47 Å². The lowest BCUT2D eigenvalue weighted by Gasteiger charge is -2.19. The summed E-state index contributed by atoms with van der Waals surface area (Å²) in [6, 6.07) is 0. The third-order valence-corrected chi connectivity index (χ3v) is 1.91. The van der Waals surface area contributed by atoms with E-state index in [-0.39, 0.29) is 5.41 Å². The molecule has 0 aliphatic carbocycles. The minimum absolute atomic E-state index is 0.103. The van der Waals surface area contributed by atoms with E-state index in [9.17, 15) is 0 Å². The van der Waals surface area contributed by atoms with Crippen LogP contribution in [0.4, 0.5) is 0 Å². The topological polar surface area (TPSA) is 34.2 Å². The Morgan fingerprint density at radius 3 is 2.17 bits per heavy atom. The third kappa shape index (κ3) is 1.26. The van der Waals surface area contributed by atoms with Crippen LogP contribution in [0.3, 0.4) is 0 Å². The number of hydrogen-bond donors (Lipinski definition) is 1. The summed E-state index contributed by atoms with van der Waals surface area (Å²) in [6.07, 6.45) is 3.63. The van der Waals surface area contributed by atoms with Crippen LogP contribution in [0.25, 0.3) is 0 Å². The molecule has 0 aromatic carbocycles. The smallest absolute Gasteiger partial charge is 0.178 e. The number of aromatic amines is 1.